The van der Waals surface area contributed by atoms with Gasteiger partial charge in [0.05, 0.1) is 43.7 Å². The number of hydrogen-bond acceptors (Lipinski definition) is 6. The van der Waals surface area contributed by atoms with E-state index in [1.54, 1.807) is 61.7 Å². The van der Waals surface area contributed by atoms with Crippen molar-refractivity contribution in [3.63, 3.8) is 0 Å². The fraction of sp³-hybridized carbons (Fsp3) is 0.160. The van der Waals surface area contributed by atoms with Crippen LogP contribution in [0.1, 0.15) is 5.56 Å². The Bertz CT molecular complexity index is 1460. The lowest BCUT2D eigenvalue weighted by atomic mass is 10.1. The van der Waals surface area contributed by atoms with Crippen LogP contribution >= 0.6 is 0 Å². The molecule has 0 amide bonds. The molecular weight excluding hydrogens is 442 g/mol. The average molecular weight is 466 g/mol. The van der Waals surface area contributed by atoms with E-state index in [1.165, 1.54) is 30.3 Å². The topological polar surface area (TPSA) is 83.8 Å². The predicted octanol–water partition coefficient (Wildman–Crippen LogP) is 4.07. The molecule has 170 valence electrons. The van der Waals surface area contributed by atoms with Crippen LogP contribution in [0.2, 0.25) is 0 Å². The number of rotatable bonds is 7. The molecule has 0 aliphatic carbocycles. The zero-order valence-corrected chi connectivity index (χ0v) is 19.3. The van der Waals surface area contributed by atoms with Crippen LogP contribution in [0.3, 0.4) is 0 Å². The van der Waals surface area contributed by atoms with Crippen molar-refractivity contribution in [3.05, 3.63) is 88.6 Å². The first kappa shape index (κ1) is 22.4. The molecule has 0 spiro atoms. The summed E-state index contributed by atoms with van der Waals surface area (Å²) >= 11 is 0. The van der Waals surface area contributed by atoms with Gasteiger partial charge in [-0.2, -0.15) is 0 Å². The van der Waals surface area contributed by atoms with Gasteiger partial charge in [0, 0.05) is 18.2 Å². The van der Waals surface area contributed by atoms with Gasteiger partial charge < -0.3 is 14.2 Å². The summed E-state index contributed by atoms with van der Waals surface area (Å²) in [4.78, 5) is 13.2. The molecule has 33 heavy (non-hydrogen) atoms. The third-order valence-electron chi connectivity index (χ3n) is 5.32. The number of ether oxygens (including phenoxy) is 3. The molecule has 4 rings (SSSR count). The molecular formula is C25H23NO6S. The third-order valence-corrected chi connectivity index (χ3v) is 6.97. The van der Waals surface area contributed by atoms with E-state index < -0.39 is 10.0 Å². The van der Waals surface area contributed by atoms with E-state index in [-0.39, 0.29) is 33.5 Å². The summed E-state index contributed by atoms with van der Waals surface area (Å²) in [6.45, 7) is 0. The predicted molar refractivity (Wildman–Crippen MR) is 128 cm³/mol. The summed E-state index contributed by atoms with van der Waals surface area (Å²) in [5.74, 6) is 0.964. The number of nitrogens with zero attached hydrogens (tertiary/aromatic N) is 1. The molecule has 0 unspecified atom stereocenters. The molecule has 0 bridgehead atoms. The van der Waals surface area contributed by atoms with Crippen LogP contribution in [0, 0.1) is 0 Å². The summed E-state index contributed by atoms with van der Waals surface area (Å²) in [6, 6.07) is 20.2. The highest BCUT2D eigenvalue weighted by atomic mass is 32.2. The van der Waals surface area contributed by atoms with E-state index in [4.69, 9.17) is 14.2 Å². The van der Waals surface area contributed by atoms with Gasteiger partial charge in [-0.15, -0.1) is 0 Å². The van der Waals surface area contributed by atoms with Crippen LogP contribution in [0.25, 0.3) is 22.2 Å². The van der Waals surface area contributed by atoms with Gasteiger partial charge in [-0.3, -0.25) is 4.79 Å². The van der Waals surface area contributed by atoms with Gasteiger partial charge in [0.1, 0.15) is 17.2 Å². The highest BCUT2D eigenvalue weighted by molar-refractivity contribution is 7.89. The average Bonchev–Trinajstić information content (AvgIpc) is 2.83. The second-order valence-corrected chi connectivity index (χ2v) is 9.17. The highest BCUT2D eigenvalue weighted by Gasteiger charge is 2.24. The van der Waals surface area contributed by atoms with Crippen LogP contribution in [-0.4, -0.2) is 33.7 Å². The SMILES string of the molecule is COc1ccc(-c2cc(=O)c3c(OC)cc(OC)cc3n2S(=O)(=O)Cc2ccccc2)cc1. The smallest absolute Gasteiger partial charge is 0.243 e. The summed E-state index contributed by atoms with van der Waals surface area (Å²) in [7, 11) is 0.471. The molecule has 3 aromatic carbocycles. The zero-order chi connectivity index (χ0) is 23.6. The Morgan fingerprint density at radius 1 is 0.788 bits per heavy atom. The lowest BCUT2D eigenvalue weighted by Crippen LogP contribution is -2.21. The molecule has 0 saturated heterocycles. The molecule has 0 fully saturated rings. The van der Waals surface area contributed by atoms with Gasteiger partial charge in [-0.25, -0.2) is 12.4 Å². The second kappa shape index (κ2) is 8.99. The molecule has 0 atom stereocenters. The first-order chi connectivity index (χ1) is 15.9. The maximum absolute atomic E-state index is 13.8. The van der Waals surface area contributed by atoms with Crippen molar-refractivity contribution < 1.29 is 22.6 Å². The number of aromatic nitrogens is 1. The van der Waals surface area contributed by atoms with Gasteiger partial charge >= 0.3 is 0 Å². The first-order valence-corrected chi connectivity index (χ1v) is 11.7. The van der Waals surface area contributed by atoms with Crippen LogP contribution in [0.5, 0.6) is 17.2 Å². The molecule has 7 nitrogen and oxygen atoms in total. The van der Waals surface area contributed by atoms with Gasteiger partial charge in [0.2, 0.25) is 10.0 Å². The van der Waals surface area contributed by atoms with Crippen molar-refractivity contribution in [1.29, 1.82) is 0 Å². The van der Waals surface area contributed by atoms with Crippen LogP contribution in [-0.2, 0) is 15.8 Å². The van der Waals surface area contributed by atoms with E-state index in [9.17, 15) is 13.2 Å². The third kappa shape index (κ3) is 4.29. The summed E-state index contributed by atoms with van der Waals surface area (Å²) in [5, 5.41) is 0.159. The van der Waals surface area contributed by atoms with Gasteiger partial charge in [0.15, 0.2) is 5.43 Å². The summed E-state index contributed by atoms with van der Waals surface area (Å²) < 4.78 is 44.8. The minimum atomic E-state index is -3.97. The van der Waals surface area contributed by atoms with Crippen LogP contribution in [0.15, 0.2) is 77.6 Å². The Morgan fingerprint density at radius 3 is 2.06 bits per heavy atom. The molecule has 4 aromatic rings. The molecule has 0 N–H and O–H groups in total. The molecule has 0 aliphatic heterocycles. The Hall–Kier alpha value is -3.78. The lowest BCUT2D eigenvalue weighted by molar-refractivity contribution is 0.397. The van der Waals surface area contributed by atoms with Crippen LogP contribution in [0.4, 0.5) is 0 Å². The maximum Gasteiger partial charge on any atom is 0.243 e. The molecule has 0 aliphatic rings. The minimum absolute atomic E-state index is 0.159. The van der Waals surface area contributed by atoms with Gasteiger partial charge in [-0.1, -0.05) is 30.3 Å². The fourth-order valence-electron chi connectivity index (χ4n) is 3.76. The Balaban J connectivity index is 2.09. The van der Waals surface area contributed by atoms with E-state index >= 15 is 0 Å². The van der Waals surface area contributed by atoms with Gasteiger partial charge in [0.25, 0.3) is 0 Å². The number of pyridine rings is 1. The highest BCUT2D eigenvalue weighted by Crippen LogP contribution is 2.34. The quantitative estimate of drug-likeness (QED) is 0.409. The summed E-state index contributed by atoms with van der Waals surface area (Å²) in [6.07, 6.45) is 0. The Morgan fingerprint density at radius 2 is 1.45 bits per heavy atom. The largest absolute Gasteiger partial charge is 0.497 e. The summed E-state index contributed by atoms with van der Waals surface area (Å²) in [5.41, 5.74) is 1.23. The molecule has 0 radical (unpaired) electrons. The number of hydrogen-bond donors (Lipinski definition) is 0. The lowest BCUT2D eigenvalue weighted by Gasteiger charge is -2.19. The Labute approximate surface area is 191 Å². The van der Waals surface area contributed by atoms with Crippen LogP contribution < -0.4 is 19.6 Å². The Kier molecular flexibility index (Phi) is 6.11. The van der Waals surface area contributed by atoms with E-state index in [2.05, 4.69) is 0 Å². The van der Waals surface area contributed by atoms with E-state index in [0.29, 0.717) is 22.6 Å². The second-order valence-electron chi connectivity index (χ2n) is 7.35. The fourth-order valence-corrected chi connectivity index (χ4v) is 5.40. The number of methoxy groups -OCH3 is 3. The first-order valence-electron chi connectivity index (χ1n) is 10.1. The molecule has 0 saturated carbocycles. The van der Waals surface area contributed by atoms with Gasteiger partial charge in [-0.05, 0) is 35.4 Å². The minimum Gasteiger partial charge on any atom is -0.497 e. The van der Waals surface area contributed by atoms with Crippen molar-refractivity contribution in [2.45, 2.75) is 5.75 Å². The normalized spacial score (nSPS) is 11.4. The number of benzene rings is 3. The zero-order valence-electron chi connectivity index (χ0n) is 18.4. The monoisotopic (exact) mass is 465 g/mol. The van der Waals surface area contributed by atoms with Crippen molar-refractivity contribution in [3.8, 4) is 28.5 Å². The van der Waals surface area contributed by atoms with E-state index in [0.717, 1.165) is 0 Å². The maximum atomic E-state index is 13.8. The number of fused-ring (bicyclic) bond motifs is 1. The molecule has 1 heterocycles. The van der Waals surface area contributed by atoms with E-state index in [1.807, 2.05) is 6.07 Å². The standard InChI is InChI=1S/C25H23NO6S/c1-30-19-11-9-18(10-12-19)21-15-23(27)25-22(13-20(31-2)14-24(25)32-3)26(21)33(28,29)16-17-7-5-4-6-8-17/h4-15H,16H2,1-3H3. The van der Waals surface area contributed by atoms with Crippen molar-refractivity contribution in [2.24, 2.45) is 0 Å². The van der Waals surface area contributed by atoms with Crippen molar-refractivity contribution >= 4 is 20.9 Å². The van der Waals surface area contributed by atoms with Crippen molar-refractivity contribution in [1.82, 2.24) is 3.97 Å². The molecule has 1 aromatic heterocycles. The molecule has 8 heteroatoms. The van der Waals surface area contributed by atoms with Crippen molar-refractivity contribution in [2.75, 3.05) is 21.3 Å².